The van der Waals surface area contributed by atoms with Crippen LogP contribution in [0.1, 0.15) is 16.1 Å². The van der Waals surface area contributed by atoms with Crippen molar-refractivity contribution < 1.29 is 22.4 Å². The maximum Gasteiger partial charge on any atom is 0.290 e. The minimum absolute atomic E-state index is 0.186. The first-order valence-corrected chi connectivity index (χ1v) is 11.3. The number of halogens is 1. The number of amides is 1. The number of methoxy groups -OCH3 is 1. The standard InChI is InChI=1S/C21H21ClN2O5S/c1-28-14-18-17-4-2-3-5-19(17)29-20(18)21(25)23-10-12-24(13-11-23)30(26,27)16-8-6-15(22)7-9-16/h2-9H,10-14H2,1H3. The average molecular weight is 449 g/mol. The average Bonchev–Trinajstić information content (AvgIpc) is 3.12. The Balaban J connectivity index is 1.52. The Morgan fingerprint density at radius 3 is 2.40 bits per heavy atom. The Kier molecular flexibility index (Phi) is 5.84. The molecule has 0 radical (unpaired) electrons. The molecule has 0 bridgehead atoms. The second-order valence-electron chi connectivity index (χ2n) is 6.99. The van der Waals surface area contributed by atoms with Crippen LogP contribution in [-0.2, 0) is 21.4 Å². The van der Waals surface area contributed by atoms with E-state index in [1.807, 2.05) is 24.3 Å². The fourth-order valence-electron chi connectivity index (χ4n) is 3.59. The van der Waals surface area contributed by atoms with Crippen LogP contribution in [0.15, 0.2) is 57.8 Å². The largest absolute Gasteiger partial charge is 0.451 e. The number of furan rings is 1. The molecule has 1 fully saturated rings. The Morgan fingerprint density at radius 2 is 1.73 bits per heavy atom. The number of piperazine rings is 1. The van der Waals surface area contributed by atoms with Gasteiger partial charge < -0.3 is 14.1 Å². The number of ether oxygens (including phenoxy) is 1. The number of rotatable bonds is 5. The monoisotopic (exact) mass is 448 g/mol. The van der Waals surface area contributed by atoms with Crippen molar-refractivity contribution in [1.29, 1.82) is 0 Å². The predicted molar refractivity (Wildman–Crippen MR) is 113 cm³/mol. The Hall–Kier alpha value is -2.39. The van der Waals surface area contributed by atoms with E-state index in [0.717, 1.165) is 5.39 Å². The molecule has 0 saturated carbocycles. The van der Waals surface area contributed by atoms with Crippen LogP contribution in [0.5, 0.6) is 0 Å². The summed E-state index contributed by atoms with van der Waals surface area (Å²) in [7, 11) is -2.07. The summed E-state index contributed by atoms with van der Waals surface area (Å²) in [5.74, 6) is -0.0196. The normalized spacial score (nSPS) is 15.6. The number of benzene rings is 2. The van der Waals surface area contributed by atoms with Crippen LogP contribution in [0, 0.1) is 0 Å². The summed E-state index contributed by atoms with van der Waals surface area (Å²) in [4.78, 5) is 14.9. The molecule has 1 aliphatic rings. The van der Waals surface area contributed by atoms with Gasteiger partial charge in [-0.3, -0.25) is 4.79 Å². The summed E-state index contributed by atoms with van der Waals surface area (Å²) in [6.45, 7) is 1.21. The fraction of sp³-hybridized carbons (Fsp3) is 0.286. The van der Waals surface area contributed by atoms with Crippen LogP contribution in [0.25, 0.3) is 11.0 Å². The first-order valence-electron chi connectivity index (χ1n) is 9.46. The van der Waals surface area contributed by atoms with Crippen molar-refractivity contribution >= 4 is 38.5 Å². The molecule has 4 rings (SSSR count). The highest BCUT2D eigenvalue weighted by atomic mass is 35.5. The van der Waals surface area contributed by atoms with E-state index in [9.17, 15) is 13.2 Å². The van der Waals surface area contributed by atoms with Crippen molar-refractivity contribution in [1.82, 2.24) is 9.21 Å². The second kappa shape index (κ2) is 8.39. The van der Waals surface area contributed by atoms with Gasteiger partial charge in [-0.2, -0.15) is 4.31 Å². The van der Waals surface area contributed by atoms with E-state index >= 15 is 0 Å². The van der Waals surface area contributed by atoms with Gasteiger partial charge >= 0.3 is 0 Å². The Labute approximate surface area is 179 Å². The van der Waals surface area contributed by atoms with Crippen LogP contribution in [0.2, 0.25) is 5.02 Å². The highest BCUT2D eigenvalue weighted by molar-refractivity contribution is 7.89. The summed E-state index contributed by atoms with van der Waals surface area (Å²) in [6.07, 6.45) is 0. The summed E-state index contributed by atoms with van der Waals surface area (Å²) in [5.41, 5.74) is 1.33. The fourth-order valence-corrected chi connectivity index (χ4v) is 5.14. The number of carbonyl (C=O) groups is 1. The van der Waals surface area contributed by atoms with Crippen molar-refractivity contribution in [3.05, 3.63) is 64.9 Å². The summed E-state index contributed by atoms with van der Waals surface area (Å²) >= 11 is 5.85. The topological polar surface area (TPSA) is 80.1 Å². The van der Waals surface area contributed by atoms with Crippen LogP contribution >= 0.6 is 11.6 Å². The molecule has 0 aliphatic carbocycles. The van der Waals surface area contributed by atoms with Crippen LogP contribution < -0.4 is 0 Å². The van der Waals surface area contributed by atoms with Crippen LogP contribution in [-0.4, -0.2) is 56.8 Å². The minimum atomic E-state index is -3.64. The van der Waals surface area contributed by atoms with Gasteiger partial charge in [0.1, 0.15) is 5.58 Å². The molecule has 1 aliphatic heterocycles. The summed E-state index contributed by atoms with van der Waals surface area (Å²) in [6, 6.07) is 13.5. The number of nitrogens with zero attached hydrogens (tertiary/aromatic N) is 2. The number of sulfonamides is 1. The third kappa shape index (κ3) is 3.83. The van der Waals surface area contributed by atoms with Crippen LogP contribution in [0.3, 0.4) is 0 Å². The van der Waals surface area contributed by atoms with Crippen molar-refractivity contribution in [3.63, 3.8) is 0 Å². The Bertz CT molecular complexity index is 1170. The quantitative estimate of drug-likeness (QED) is 0.597. The molecule has 158 valence electrons. The number of fused-ring (bicyclic) bond motifs is 1. The van der Waals surface area contributed by atoms with Gasteiger partial charge in [0.25, 0.3) is 5.91 Å². The molecule has 1 aromatic heterocycles. The van der Waals surface area contributed by atoms with Gasteiger partial charge in [0.2, 0.25) is 10.0 Å². The first-order chi connectivity index (χ1) is 14.4. The Morgan fingerprint density at radius 1 is 1.07 bits per heavy atom. The van der Waals surface area contributed by atoms with Crippen LogP contribution in [0.4, 0.5) is 0 Å². The van der Waals surface area contributed by atoms with E-state index in [4.69, 9.17) is 20.8 Å². The number of carbonyl (C=O) groups excluding carboxylic acids is 1. The molecule has 7 nitrogen and oxygen atoms in total. The maximum atomic E-state index is 13.1. The lowest BCUT2D eigenvalue weighted by atomic mass is 10.1. The molecule has 30 heavy (non-hydrogen) atoms. The molecular formula is C21H21ClN2O5S. The highest BCUT2D eigenvalue weighted by Crippen LogP contribution is 2.28. The van der Waals surface area contributed by atoms with Crippen molar-refractivity contribution in [2.75, 3.05) is 33.3 Å². The number of para-hydroxylation sites is 1. The molecule has 3 aromatic rings. The number of hydrogen-bond acceptors (Lipinski definition) is 5. The zero-order valence-corrected chi connectivity index (χ0v) is 17.9. The van der Waals surface area contributed by atoms with Gasteiger partial charge in [0.05, 0.1) is 11.5 Å². The zero-order valence-electron chi connectivity index (χ0n) is 16.4. The highest BCUT2D eigenvalue weighted by Gasteiger charge is 2.32. The van der Waals surface area contributed by atoms with E-state index in [0.29, 0.717) is 16.2 Å². The smallest absolute Gasteiger partial charge is 0.290 e. The second-order valence-corrected chi connectivity index (χ2v) is 9.36. The first kappa shape index (κ1) is 20.9. The van der Waals surface area contributed by atoms with E-state index < -0.39 is 10.0 Å². The van der Waals surface area contributed by atoms with Crippen molar-refractivity contribution in [2.45, 2.75) is 11.5 Å². The lowest BCUT2D eigenvalue weighted by Crippen LogP contribution is -2.50. The molecular weight excluding hydrogens is 428 g/mol. The van der Waals surface area contributed by atoms with Gasteiger partial charge in [0, 0.05) is 49.3 Å². The molecule has 0 N–H and O–H groups in total. The van der Waals surface area contributed by atoms with E-state index in [2.05, 4.69) is 0 Å². The van der Waals surface area contributed by atoms with Crippen molar-refractivity contribution in [3.8, 4) is 0 Å². The lowest BCUT2D eigenvalue weighted by molar-refractivity contribution is 0.0662. The molecule has 0 unspecified atom stereocenters. The molecule has 2 heterocycles. The molecule has 1 saturated heterocycles. The predicted octanol–water partition coefficient (Wildman–Crippen LogP) is 3.38. The van der Waals surface area contributed by atoms with E-state index in [-0.39, 0.29) is 49.3 Å². The number of hydrogen-bond donors (Lipinski definition) is 0. The summed E-state index contributed by atoms with van der Waals surface area (Å²) < 4.78 is 38.2. The van der Waals surface area contributed by atoms with Gasteiger partial charge in [-0.05, 0) is 30.3 Å². The van der Waals surface area contributed by atoms with E-state index in [1.54, 1.807) is 24.1 Å². The zero-order chi connectivity index (χ0) is 21.3. The van der Waals surface area contributed by atoms with Gasteiger partial charge in [-0.15, -0.1) is 0 Å². The molecule has 2 aromatic carbocycles. The van der Waals surface area contributed by atoms with Gasteiger partial charge in [-0.25, -0.2) is 8.42 Å². The SMILES string of the molecule is COCc1c(C(=O)N2CCN(S(=O)(=O)c3ccc(Cl)cc3)CC2)oc2ccccc12. The summed E-state index contributed by atoms with van der Waals surface area (Å²) in [5, 5.41) is 1.31. The van der Waals surface area contributed by atoms with E-state index in [1.165, 1.54) is 16.4 Å². The van der Waals surface area contributed by atoms with Gasteiger partial charge in [-0.1, -0.05) is 29.8 Å². The minimum Gasteiger partial charge on any atom is -0.451 e. The third-order valence-electron chi connectivity index (χ3n) is 5.16. The molecule has 1 amide bonds. The van der Waals surface area contributed by atoms with Gasteiger partial charge in [0.15, 0.2) is 5.76 Å². The molecule has 9 heteroatoms. The van der Waals surface area contributed by atoms with Crippen molar-refractivity contribution in [2.24, 2.45) is 0 Å². The lowest BCUT2D eigenvalue weighted by Gasteiger charge is -2.33. The molecule has 0 atom stereocenters. The maximum absolute atomic E-state index is 13.1. The molecule has 0 spiro atoms. The third-order valence-corrected chi connectivity index (χ3v) is 7.32.